The molecule has 1 atom stereocenters. The van der Waals surface area contributed by atoms with Crippen LogP contribution in [0.1, 0.15) is 17.4 Å². The van der Waals surface area contributed by atoms with Crippen LogP contribution in [0.4, 0.5) is 11.4 Å². The first-order chi connectivity index (χ1) is 15.3. The lowest BCUT2D eigenvalue weighted by Crippen LogP contribution is -2.45. The minimum atomic E-state index is -0.174. The van der Waals surface area contributed by atoms with E-state index in [1.807, 2.05) is 41.2 Å². The van der Waals surface area contributed by atoms with Gasteiger partial charge in [-0.1, -0.05) is 12.1 Å². The Morgan fingerprint density at radius 3 is 2.61 bits per heavy atom. The van der Waals surface area contributed by atoms with Gasteiger partial charge in [-0.05, 0) is 54.2 Å². The Labute approximate surface area is 185 Å². The van der Waals surface area contributed by atoms with E-state index in [1.165, 1.54) is 0 Å². The number of anilines is 2. The first-order valence-electron chi connectivity index (χ1n) is 10.2. The van der Waals surface area contributed by atoms with Gasteiger partial charge >= 0.3 is 0 Å². The highest BCUT2D eigenvalue weighted by Crippen LogP contribution is 2.25. The molecule has 3 N–H and O–H groups in total. The van der Waals surface area contributed by atoms with E-state index in [-0.39, 0.29) is 6.17 Å². The number of hydrogen-bond donors (Lipinski definition) is 3. The summed E-state index contributed by atoms with van der Waals surface area (Å²) in [5, 5.41) is 6.84. The Kier molecular flexibility index (Phi) is 5.51. The third kappa shape index (κ3) is 4.37. The van der Waals surface area contributed by atoms with E-state index in [9.17, 15) is 0 Å². The van der Waals surface area contributed by atoms with Crippen LogP contribution in [0.2, 0.25) is 0 Å². The molecule has 1 unspecified atom stereocenters. The van der Waals surface area contributed by atoms with Crippen molar-refractivity contribution in [3.8, 4) is 0 Å². The molecule has 1 fully saturated rings. The van der Waals surface area contributed by atoms with Gasteiger partial charge < -0.3 is 20.3 Å². The molecule has 0 aliphatic carbocycles. The Hall–Kier alpha value is -3.43. The Bertz CT molecular complexity index is 1070. The highest BCUT2D eigenvalue weighted by Gasteiger charge is 2.26. The lowest BCUT2D eigenvalue weighted by Gasteiger charge is -2.34. The molecule has 2 aromatic heterocycles. The number of rotatable bonds is 3. The summed E-state index contributed by atoms with van der Waals surface area (Å²) in [6, 6.07) is 16.0. The number of thiocarbonyl (C=S) groups is 1. The number of nitrogens with one attached hydrogen (secondary N) is 3. The molecule has 31 heavy (non-hydrogen) atoms. The molecule has 9 heteroatoms. The molecule has 2 aliphatic heterocycles. The maximum atomic E-state index is 5.51. The predicted octanol–water partition coefficient (Wildman–Crippen LogP) is 3.03. The molecule has 0 radical (unpaired) electrons. The van der Waals surface area contributed by atoms with Crippen LogP contribution in [0.3, 0.4) is 0 Å². The zero-order valence-corrected chi connectivity index (χ0v) is 17.7. The number of fused-ring (bicyclic) bond motifs is 1. The number of pyridine rings is 1. The van der Waals surface area contributed by atoms with E-state index in [0.29, 0.717) is 5.11 Å². The molecule has 1 aromatic carbocycles. The molecule has 0 bridgehead atoms. The predicted molar refractivity (Wildman–Crippen MR) is 126 cm³/mol. The van der Waals surface area contributed by atoms with Gasteiger partial charge in [0.15, 0.2) is 17.1 Å². The lowest BCUT2D eigenvalue weighted by molar-refractivity contribution is 0.0677. The van der Waals surface area contributed by atoms with Crippen LogP contribution >= 0.6 is 12.2 Å². The van der Waals surface area contributed by atoms with Crippen LogP contribution in [0.25, 0.3) is 0 Å². The van der Waals surface area contributed by atoms with Crippen molar-refractivity contribution >= 4 is 34.5 Å². The van der Waals surface area contributed by atoms with Crippen molar-refractivity contribution in [2.75, 3.05) is 42.4 Å². The third-order valence-corrected chi connectivity index (χ3v) is 5.41. The van der Waals surface area contributed by atoms with Crippen LogP contribution in [0.5, 0.6) is 0 Å². The van der Waals surface area contributed by atoms with E-state index in [2.05, 4.69) is 44.1 Å². The van der Waals surface area contributed by atoms with E-state index in [0.717, 1.165) is 54.8 Å². The third-order valence-electron chi connectivity index (χ3n) is 5.20. The summed E-state index contributed by atoms with van der Waals surface area (Å²) < 4.78 is 7.55. The van der Waals surface area contributed by atoms with Crippen LogP contribution in [-0.2, 0) is 4.74 Å². The number of aliphatic imine (C=N–C) groups is 1. The number of ether oxygens (including phenoxy) is 1. The number of hydrogen-bond acceptors (Lipinski definition) is 6. The minimum absolute atomic E-state index is 0.174. The SMILES string of the molecule is S=C(Nc1ccc(C2N=C(N3CCOCC3)c3cccn3N2)cc1)Nc1cccnc1. The van der Waals surface area contributed by atoms with Crippen molar-refractivity contribution < 1.29 is 4.74 Å². The van der Waals surface area contributed by atoms with Crippen molar-refractivity contribution in [1.29, 1.82) is 0 Å². The molecule has 4 heterocycles. The first-order valence-corrected chi connectivity index (χ1v) is 10.6. The summed E-state index contributed by atoms with van der Waals surface area (Å²) in [5.41, 5.74) is 7.35. The highest BCUT2D eigenvalue weighted by molar-refractivity contribution is 7.80. The van der Waals surface area contributed by atoms with Crippen molar-refractivity contribution in [3.05, 3.63) is 78.4 Å². The molecule has 2 aliphatic rings. The molecule has 5 rings (SSSR count). The average Bonchev–Trinajstić information content (AvgIpc) is 3.29. The number of benzene rings is 1. The first kappa shape index (κ1) is 19.5. The Balaban J connectivity index is 1.30. The van der Waals surface area contributed by atoms with Gasteiger partial charge in [0.1, 0.15) is 5.69 Å². The summed E-state index contributed by atoms with van der Waals surface area (Å²) >= 11 is 5.39. The Morgan fingerprint density at radius 1 is 1.03 bits per heavy atom. The summed E-state index contributed by atoms with van der Waals surface area (Å²) in [6.45, 7) is 3.15. The number of amidine groups is 1. The second kappa shape index (κ2) is 8.75. The fraction of sp³-hybridized carbons (Fsp3) is 0.227. The number of aromatic nitrogens is 2. The maximum Gasteiger partial charge on any atom is 0.175 e. The van der Waals surface area contributed by atoms with E-state index in [4.69, 9.17) is 21.9 Å². The van der Waals surface area contributed by atoms with E-state index >= 15 is 0 Å². The van der Waals surface area contributed by atoms with Crippen molar-refractivity contribution in [3.63, 3.8) is 0 Å². The van der Waals surface area contributed by atoms with Gasteiger partial charge in [0.05, 0.1) is 25.1 Å². The van der Waals surface area contributed by atoms with Crippen LogP contribution in [0.15, 0.2) is 72.1 Å². The molecule has 1 saturated heterocycles. The quantitative estimate of drug-likeness (QED) is 0.548. The second-order valence-electron chi connectivity index (χ2n) is 7.29. The monoisotopic (exact) mass is 433 g/mol. The van der Waals surface area contributed by atoms with Crippen molar-refractivity contribution in [2.24, 2.45) is 4.99 Å². The molecule has 8 nitrogen and oxygen atoms in total. The standard InChI is InChI=1S/C22H23N7OS/c31-22(25-18-3-1-9-23-15-18)24-17-7-5-16(6-8-17)20-26-21(28-11-13-30-14-12-28)19-4-2-10-29(19)27-20/h1-10,15,20,27H,11-14H2,(H2,24,25,31). The molecule has 0 amide bonds. The number of nitrogens with zero attached hydrogens (tertiary/aromatic N) is 4. The summed E-state index contributed by atoms with van der Waals surface area (Å²) in [5.74, 6) is 1.00. The van der Waals surface area contributed by atoms with Crippen molar-refractivity contribution in [2.45, 2.75) is 6.17 Å². The van der Waals surface area contributed by atoms with Crippen LogP contribution in [0, 0.1) is 0 Å². The zero-order chi connectivity index (χ0) is 21.0. The largest absolute Gasteiger partial charge is 0.378 e. The molecule has 3 aromatic rings. The van der Waals surface area contributed by atoms with Gasteiger partial charge in [-0.2, -0.15) is 0 Å². The lowest BCUT2D eigenvalue weighted by atomic mass is 10.1. The van der Waals surface area contributed by atoms with Gasteiger partial charge in [0, 0.05) is 31.2 Å². The maximum absolute atomic E-state index is 5.51. The smallest absolute Gasteiger partial charge is 0.175 e. The topological polar surface area (TPSA) is 78.7 Å². The van der Waals surface area contributed by atoms with Gasteiger partial charge in [-0.3, -0.25) is 15.1 Å². The van der Waals surface area contributed by atoms with E-state index < -0.39 is 0 Å². The van der Waals surface area contributed by atoms with E-state index in [1.54, 1.807) is 12.4 Å². The zero-order valence-electron chi connectivity index (χ0n) is 16.9. The summed E-state index contributed by atoms with van der Waals surface area (Å²) in [4.78, 5) is 11.4. The van der Waals surface area contributed by atoms with Gasteiger partial charge in [-0.15, -0.1) is 0 Å². The molecule has 0 saturated carbocycles. The highest BCUT2D eigenvalue weighted by atomic mass is 32.1. The molecule has 0 spiro atoms. The van der Waals surface area contributed by atoms with Crippen LogP contribution in [-0.4, -0.2) is 51.8 Å². The normalized spacial score (nSPS) is 17.9. The minimum Gasteiger partial charge on any atom is -0.378 e. The van der Waals surface area contributed by atoms with Crippen LogP contribution < -0.4 is 16.1 Å². The van der Waals surface area contributed by atoms with Gasteiger partial charge in [0.2, 0.25) is 0 Å². The Morgan fingerprint density at radius 2 is 1.84 bits per heavy atom. The molecular formula is C22H23N7OS. The van der Waals surface area contributed by atoms with Gasteiger partial charge in [0.25, 0.3) is 0 Å². The summed E-state index contributed by atoms with van der Waals surface area (Å²) in [6.07, 6.45) is 5.30. The second-order valence-corrected chi connectivity index (χ2v) is 7.70. The summed E-state index contributed by atoms with van der Waals surface area (Å²) in [7, 11) is 0. The fourth-order valence-corrected chi connectivity index (χ4v) is 3.91. The van der Waals surface area contributed by atoms with Crippen molar-refractivity contribution in [1.82, 2.24) is 14.6 Å². The average molecular weight is 434 g/mol. The fourth-order valence-electron chi connectivity index (χ4n) is 3.67. The molecule has 158 valence electrons. The number of morpholine rings is 1. The molecular weight excluding hydrogens is 410 g/mol. The van der Waals surface area contributed by atoms with Gasteiger partial charge in [-0.25, -0.2) is 4.99 Å².